The largest absolute Gasteiger partial charge is 0.497 e. The minimum atomic E-state index is -1.13. The summed E-state index contributed by atoms with van der Waals surface area (Å²) in [6.07, 6.45) is 2.95. The summed E-state index contributed by atoms with van der Waals surface area (Å²) in [7, 11) is 1.53. The molecule has 4 rings (SSSR count). The Kier molecular flexibility index (Phi) is 8.38. The van der Waals surface area contributed by atoms with Gasteiger partial charge in [-0.05, 0) is 23.8 Å². The molecule has 186 valence electrons. The van der Waals surface area contributed by atoms with Gasteiger partial charge in [-0.25, -0.2) is 14.5 Å². The van der Waals surface area contributed by atoms with Crippen LogP contribution in [-0.4, -0.2) is 46.2 Å². The Hall–Kier alpha value is -4.08. The lowest BCUT2D eigenvalue weighted by Crippen LogP contribution is -2.22. The molecule has 0 aliphatic heterocycles. The quantitative estimate of drug-likeness (QED) is 0.264. The summed E-state index contributed by atoms with van der Waals surface area (Å²) in [4.78, 5) is 16.3. The van der Waals surface area contributed by atoms with E-state index in [9.17, 15) is 9.90 Å². The van der Waals surface area contributed by atoms with E-state index in [-0.39, 0.29) is 6.61 Å². The molecule has 0 amide bonds. The molecular formula is C26H25ClN4O5. The number of nitrogens with zero attached hydrogens (tertiary/aromatic N) is 3. The fourth-order valence-corrected chi connectivity index (χ4v) is 3.71. The van der Waals surface area contributed by atoms with Crippen LogP contribution < -0.4 is 14.8 Å². The predicted octanol–water partition coefficient (Wildman–Crippen LogP) is 4.76. The van der Waals surface area contributed by atoms with Gasteiger partial charge in [-0.3, -0.25) is 0 Å². The highest BCUT2D eigenvalue weighted by molar-refractivity contribution is 6.30. The first-order valence-electron chi connectivity index (χ1n) is 11.1. The number of benzene rings is 3. The lowest BCUT2D eigenvalue weighted by Gasteiger charge is -2.21. The highest BCUT2D eigenvalue weighted by Gasteiger charge is 2.24. The number of aliphatic carboxylic acids is 1. The molecule has 10 heteroatoms. The van der Waals surface area contributed by atoms with E-state index >= 15 is 0 Å². The number of carbonyl (C=O) groups is 1. The van der Waals surface area contributed by atoms with Gasteiger partial charge in [0.05, 0.1) is 26.0 Å². The average molecular weight is 509 g/mol. The second kappa shape index (κ2) is 12.1. The van der Waals surface area contributed by atoms with Crippen molar-refractivity contribution in [2.45, 2.75) is 12.6 Å². The third-order valence-corrected chi connectivity index (χ3v) is 5.49. The molecule has 0 aliphatic rings. The van der Waals surface area contributed by atoms with Crippen molar-refractivity contribution in [1.82, 2.24) is 14.8 Å². The summed E-state index contributed by atoms with van der Waals surface area (Å²) in [6.45, 7) is 1.00. The van der Waals surface area contributed by atoms with Crippen molar-refractivity contribution in [1.29, 1.82) is 0 Å². The number of nitrogens with one attached hydrogen (secondary N) is 1. The van der Waals surface area contributed by atoms with Gasteiger partial charge in [0.25, 0.3) is 0 Å². The van der Waals surface area contributed by atoms with Crippen molar-refractivity contribution in [2.24, 2.45) is 0 Å². The van der Waals surface area contributed by atoms with Gasteiger partial charge >= 0.3 is 5.97 Å². The van der Waals surface area contributed by atoms with E-state index in [2.05, 4.69) is 15.4 Å². The lowest BCUT2D eigenvalue weighted by atomic mass is 10.0. The predicted molar refractivity (Wildman–Crippen MR) is 135 cm³/mol. The molecule has 1 atom stereocenters. The van der Waals surface area contributed by atoms with Crippen LogP contribution in [0.5, 0.6) is 11.5 Å². The minimum absolute atomic E-state index is 0.224. The summed E-state index contributed by atoms with van der Waals surface area (Å²) >= 11 is 6.19. The van der Waals surface area contributed by atoms with Crippen LogP contribution in [0.3, 0.4) is 0 Å². The van der Waals surface area contributed by atoms with Gasteiger partial charge in [-0.2, -0.15) is 5.10 Å². The van der Waals surface area contributed by atoms with E-state index < -0.39 is 12.0 Å². The summed E-state index contributed by atoms with van der Waals surface area (Å²) < 4.78 is 18.5. The Morgan fingerprint density at radius 1 is 1.11 bits per heavy atom. The summed E-state index contributed by atoms with van der Waals surface area (Å²) in [5, 5.41) is 17.7. The normalized spacial score (nSPS) is 11.6. The summed E-state index contributed by atoms with van der Waals surface area (Å²) in [6, 6.07) is 18.7. The van der Waals surface area contributed by atoms with Crippen LogP contribution in [-0.2, 0) is 16.1 Å². The third-order valence-electron chi connectivity index (χ3n) is 5.25. The molecule has 4 aromatic rings. The fraction of sp³-hybridized carbons (Fsp3) is 0.192. The molecule has 3 aromatic carbocycles. The SMILES string of the molecule is COc1cc(NC(C(=O)O)c2ccc(Cl)cc2OCCOCc2ccccc2)cc(-n2cncn2)c1. The fourth-order valence-electron chi connectivity index (χ4n) is 3.54. The van der Waals surface area contributed by atoms with E-state index in [4.69, 9.17) is 25.8 Å². The standard InChI is InChI=1S/C26H25ClN4O5/c1-34-22-13-20(12-21(14-22)31-17-28-16-29-31)30-25(26(32)33)23-8-7-19(27)11-24(23)36-10-9-35-15-18-5-3-2-4-6-18/h2-8,11-14,16-17,25,30H,9-10,15H2,1H3,(H,32,33). The first-order valence-corrected chi connectivity index (χ1v) is 11.5. The highest BCUT2D eigenvalue weighted by Crippen LogP contribution is 2.33. The summed E-state index contributed by atoms with van der Waals surface area (Å²) in [5.74, 6) is -0.212. The molecule has 0 fully saturated rings. The molecule has 36 heavy (non-hydrogen) atoms. The topological polar surface area (TPSA) is 108 Å². The van der Waals surface area contributed by atoms with Crippen molar-refractivity contribution >= 4 is 23.3 Å². The second-order valence-electron chi connectivity index (χ2n) is 7.74. The highest BCUT2D eigenvalue weighted by atomic mass is 35.5. The number of anilines is 1. The molecule has 1 heterocycles. The minimum Gasteiger partial charge on any atom is -0.497 e. The maximum Gasteiger partial charge on any atom is 0.330 e. The maximum absolute atomic E-state index is 12.3. The Morgan fingerprint density at radius 3 is 2.67 bits per heavy atom. The molecular weight excluding hydrogens is 484 g/mol. The van der Waals surface area contributed by atoms with Gasteiger partial charge in [0.15, 0.2) is 6.04 Å². The Morgan fingerprint density at radius 2 is 1.94 bits per heavy atom. The van der Waals surface area contributed by atoms with Gasteiger partial charge in [0.2, 0.25) is 0 Å². The van der Waals surface area contributed by atoms with Gasteiger partial charge in [0.1, 0.15) is 30.8 Å². The van der Waals surface area contributed by atoms with Crippen molar-refractivity contribution in [2.75, 3.05) is 25.6 Å². The molecule has 0 saturated heterocycles. The number of carboxylic acids is 1. The van der Waals surface area contributed by atoms with Crippen LogP contribution in [0.1, 0.15) is 17.2 Å². The van der Waals surface area contributed by atoms with Crippen molar-refractivity contribution in [3.8, 4) is 17.2 Å². The van der Waals surface area contributed by atoms with Crippen LogP contribution in [0.25, 0.3) is 5.69 Å². The maximum atomic E-state index is 12.3. The lowest BCUT2D eigenvalue weighted by molar-refractivity contribution is -0.138. The molecule has 0 saturated carbocycles. The number of hydrogen-bond donors (Lipinski definition) is 2. The van der Waals surface area contributed by atoms with Gasteiger partial charge in [-0.15, -0.1) is 0 Å². The number of hydrogen-bond acceptors (Lipinski definition) is 7. The van der Waals surface area contributed by atoms with Crippen LogP contribution >= 0.6 is 11.6 Å². The monoisotopic (exact) mass is 508 g/mol. The van der Waals surface area contributed by atoms with Gasteiger partial charge in [-0.1, -0.05) is 48.0 Å². The summed E-state index contributed by atoms with van der Waals surface area (Å²) in [5.41, 5.74) is 2.64. The number of halogens is 1. The van der Waals surface area contributed by atoms with E-state index in [0.29, 0.717) is 46.7 Å². The van der Waals surface area contributed by atoms with E-state index in [1.165, 1.54) is 19.8 Å². The first kappa shape index (κ1) is 25.0. The molecule has 0 bridgehead atoms. The second-order valence-corrected chi connectivity index (χ2v) is 8.18. The molecule has 0 radical (unpaired) electrons. The third kappa shape index (κ3) is 6.53. The van der Waals surface area contributed by atoms with Crippen LogP contribution in [0.2, 0.25) is 5.02 Å². The molecule has 9 nitrogen and oxygen atoms in total. The van der Waals surface area contributed by atoms with Crippen molar-refractivity contribution in [3.05, 3.63) is 95.5 Å². The van der Waals surface area contributed by atoms with E-state index in [0.717, 1.165) is 5.56 Å². The number of methoxy groups -OCH3 is 1. The van der Waals surface area contributed by atoms with Crippen LogP contribution in [0, 0.1) is 0 Å². The molecule has 1 aromatic heterocycles. The molecule has 0 spiro atoms. The molecule has 0 aliphatic carbocycles. The zero-order valence-electron chi connectivity index (χ0n) is 19.5. The Bertz CT molecular complexity index is 1290. The van der Waals surface area contributed by atoms with Gasteiger partial charge in [0, 0.05) is 28.4 Å². The van der Waals surface area contributed by atoms with Gasteiger partial charge < -0.3 is 24.6 Å². The molecule has 1 unspecified atom stereocenters. The van der Waals surface area contributed by atoms with Crippen LogP contribution in [0.15, 0.2) is 79.4 Å². The first-order chi connectivity index (χ1) is 17.5. The van der Waals surface area contributed by atoms with Crippen molar-refractivity contribution < 1.29 is 24.1 Å². The number of rotatable bonds is 12. The zero-order chi connectivity index (χ0) is 25.3. The van der Waals surface area contributed by atoms with Crippen LogP contribution in [0.4, 0.5) is 5.69 Å². The Labute approximate surface area is 213 Å². The average Bonchev–Trinajstić information content (AvgIpc) is 3.43. The Balaban J connectivity index is 1.50. The number of ether oxygens (including phenoxy) is 3. The van der Waals surface area contributed by atoms with E-state index in [1.807, 2.05) is 30.3 Å². The number of carboxylic acid groups (broad SMARTS) is 1. The smallest absolute Gasteiger partial charge is 0.330 e. The van der Waals surface area contributed by atoms with E-state index in [1.54, 1.807) is 41.1 Å². The number of aromatic nitrogens is 3. The zero-order valence-corrected chi connectivity index (χ0v) is 20.3. The molecule has 2 N–H and O–H groups in total. The van der Waals surface area contributed by atoms with Crippen molar-refractivity contribution in [3.63, 3.8) is 0 Å².